The smallest absolute Gasteiger partial charge is 0.262 e. The number of para-hydroxylation sites is 1. The summed E-state index contributed by atoms with van der Waals surface area (Å²) in [6.07, 6.45) is 1.01. The molecule has 2 heterocycles. The maximum atomic E-state index is 13.1. The number of benzene rings is 1. The summed E-state index contributed by atoms with van der Waals surface area (Å²) in [6, 6.07) is 7.32. The third-order valence-electron chi connectivity index (χ3n) is 5.10. The van der Waals surface area contributed by atoms with E-state index in [1.165, 1.54) is 16.3 Å². The molecular formula is C22H30N6O3S. The summed E-state index contributed by atoms with van der Waals surface area (Å²) in [5.41, 5.74) is 0.450. The van der Waals surface area contributed by atoms with Crippen LogP contribution in [0.3, 0.4) is 0 Å². The van der Waals surface area contributed by atoms with E-state index in [0.717, 1.165) is 6.42 Å². The number of hydrogen-bond acceptors (Lipinski definition) is 6. The van der Waals surface area contributed by atoms with Gasteiger partial charge in [-0.3, -0.25) is 23.4 Å². The third-order valence-corrected chi connectivity index (χ3v) is 6.03. The highest BCUT2D eigenvalue weighted by molar-refractivity contribution is 7.99. The average Bonchev–Trinajstić information content (AvgIpc) is 3.20. The zero-order valence-electron chi connectivity index (χ0n) is 18.9. The van der Waals surface area contributed by atoms with Crippen molar-refractivity contribution in [3.8, 4) is 0 Å². The summed E-state index contributed by atoms with van der Waals surface area (Å²) in [5.74, 6) is 0.696. The lowest BCUT2D eigenvalue weighted by molar-refractivity contribution is -0.121. The van der Waals surface area contributed by atoms with Gasteiger partial charge in [0, 0.05) is 25.6 Å². The van der Waals surface area contributed by atoms with Gasteiger partial charge in [0.15, 0.2) is 5.16 Å². The normalized spacial score (nSPS) is 12.4. The second-order valence-electron chi connectivity index (χ2n) is 8.21. The van der Waals surface area contributed by atoms with Crippen LogP contribution in [0.15, 0.2) is 34.2 Å². The number of nitrogens with one attached hydrogen (secondary N) is 2. The van der Waals surface area contributed by atoms with Crippen LogP contribution >= 0.6 is 11.8 Å². The molecule has 1 atom stereocenters. The molecule has 2 aromatic heterocycles. The Hall–Kier alpha value is -2.88. The van der Waals surface area contributed by atoms with Gasteiger partial charge in [0.1, 0.15) is 0 Å². The summed E-state index contributed by atoms with van der Waals surface area (Å²) < 4.78 is 3.26. The van der Waals surface area contributed by atoms with Gasteiger partial charge in [0.25, 0.3) is 5.56 Å². The van der Waals surface area contributed by atoms with Crippen LogP contribution in [0, 0.1) is 5.92 Å². The Labute approximate surface area is 191 Å². The van der Waals surface area contributed by atoms with E-state index in [1.54, 1.807) is 16.5 Å². The van der Waals surface area contributed by atoms with E-state index < -0.39 is 0 Å². The fourth-order valence-electron chi connectivity index (χ4n) is 3.20. The van der Waals surface area contributed by atoms with Crippen molar-refractivity contribution >= 4 is 40.3 Å². The topological polar surface area (TPSA) is 110 Å². The zero-order chi connectivity index (χ0) is 23.3. The van der Waals surface area contributed by atoms with Crippen LogP contribution in [0.4, 0.5) is 0 Å². The molecule has 0 fully saturated rings. The highest BCUT2D eigenvalue weighted by Crippen LogP contribution is 2.21. The molecule has 3 rings (SSSR count). The van der Waals surface area contributed by atoms with E-state index in [4.69, 9.17) is 0 Å². The number of hydrogen-bond donors (Lipinski definition) is 2. The fourth-order valence-corrected chi connectivity index (χ4v) is 3.95. The first-order valence-corrected chi connectivity index (χ1v) is 11.9. The van der Waals surface area contributed by atoms with Gasteiger partial charge in [0.05, 0.1) is 16.7 Å². The summed E-state index contributed by atoms with van der Waals surface area (Å²) in [7, 11) is 0. The van der Waals surface area contributed by atoms with Crippen molar-refractivity contribution in [2.45, 2.75) is 58.3 Å². The standard InChI is InChI=1S/C22H30N6O3S/c1-5-15(4)24-19(30)13-32-22-26-25-21-27(11-10-18(29)23-12-14(2)3)20(31)16-8-6-7-9-17(16)28(21)22/h6-9,14-15H,5,10-13H2,1-4H3,(H,23,29)(H,24,30)/t15-/m1/s1. The van der Waals surface area contributed by atoms with E-state index in [0.29, 0.717) is 34.3 Å². The van der Waals surface area contributed by atoms with Gasteiger partial charge in [0.2, 0.25) is 17.6 Å². The summed E-state index contributed by atoms with van der Waals surface area (Å²) in [6.45, 7) is 8.79. The predicted molar refractivity (Wildman–Crippen MR) is 126 cm³/mol. The number of thioether (sulfide) groups is 1. The minimum absolute atomic E-state index is 0.0828. The zero-order valence-corrected chi connectivity index (χ0v) is 19.7. The average molecular weight is 459 g/mol. The SMILES string of the molecule is CC[C@@H](C)NC(=O)CSc1nnc2n(CCC(=O)NCC(C)C)c(=O)c3ccccc3n12. The van der Waals surface area contributed by atoms with Crippen molar-refractivity contribution in [3.63, 3.8) is 0 Å². The Bertz CT molecular complexity index is 1170. The molecule has 32 heavy (non-hydrogen) atoms. The molecule has 0 bridgehead atoms. The van der Waals surface area contributed by atoms with Crippen molar-refractivity contribution in [2.24, 2.45) is 5.92 Å². The van der Waals surface area contributed by atoms with E-state index in [-0.39, 0.29) is 42.1 Å². The van der Waals surface area contributed by atoms with Gasteiger partial charge in [-0.05, 0) is 31.4 Å². The third kappa shape index (κ3) is 5.48. The van der Waals surface area contributed by atoms with Crippen LogP contribution in [0.1, 0.15) is 40.5 Å². The Morgan fingerprint density at radius 3 is 2.59 bits per heavy atom. The maximum absolute atomic E-state index is 13.1. The Balaban J connectivity index is 1.91. The number of fused-ring (bicyclic) bond motifs is 3. The molecule has 2 amide bonds. The molecule has 0 saturated heterocycles. The minimum Gasteiger partial charge on any atom is -0.356 e. The lowest BCUT2D eigenvalue weighted by Crippen LogP contribution is -2.33. The number of aromatic nitrogens is 4. The van der Waals surface area contributed by atoms with Crippen LogP contribution in [0.25, 0.3) is 16.7 Å². The highest BCUT2D eigenvalue weighted by Gasteiger charge is 2.18. The van der Waals surface area contributed by atoms with Crippen LogP contribution in [0.2, 0.25) is 0 Å². The maximum Gasteiger partial charge on any atom is 0.262 e. The Morgan fingerprint density at radius 1 is 1.12 bits per heavy atom. The van der Waals surface area contributed by atoms with Crippen molar-refractivity contribution in [3.05, 3.63) is 34.6 Å². The van der Waals surface area contributed by atoms with E-state index in [2.05, 4.69) is 20.8 Å². The molecule has 9 nitrogen and oxygen atoms in total. The molecule has 0 aliphatic carbocycles. The molecular weight excluding hydrogens is 428 g/mol. The van der Waals surface area contributed by atoms with Crippen LogP contribution in [-0.4, -0.2) is 49.3 Å². The summed E-state index contributed by atoms with van der Waals surface area (Å²) in [5, 5.41) is 15.3. The fraction of sp³-hybridized carbons (Fsp3) is 0.500. The molecule has 0 saturated carbocycles. The molecule has 10 heteroatoms. The van der Waals surface area contributed by atoms with Gasteiger partial charge >= 0.3 is 0 Å². The van der Waals surface area contributed by atoms with Crippen LogP contribution in [-0.2, 0) is 16.1 Å². The van der Waals surface area contributed by atoms with E-state index in [9.17, 15) is 14.4 Å². The van der Waals surface area contributed by atoms with Crippen molar-refractivity contribution in [1.82, 2.24) is 29.8 Å². The molecule has 0 unspecified atom stereocenters. The van der Waals surface area contributed by atoms with Crippen LogP contribution in [0.5, 0.6) is 0 Å². The number of carbonyl (C=O) groups excluding carboxylic acids is 2. The predicted octanol–water partition coefficient (Wildman–Crippen LogP) is 2.21. The number of carbonyl (C=O) groups is 2. The van der Waals surface area contributed by atoms with Gasteiger partial charge < -0.3 is 10.6 Å². The van der Waals surface area contributed by atoms with Crippen molar-refractivity contribution in [2.75, 3.05) is 12.3 Å². The molecule has 0 aliphatic heterocycles. The molecule has 0 aliphatic rings. The Morgan fingerprint density at radius 2 is 1.88 bits per heavy atom. The molecule has 1 aromatic carbocycles. The first kappa shape index (κ1) is 23.8. The lowest BCUT2D eigenvalue weighted by Gasteiger charge is -2.12. The summed E-state index contributed by atoms with van der Waals surface area (Å²) in [4.78, 5) is 37.6. The lowest BCUT2D eigenvalue weighted by atomic mass is 10.2. The highest BCUT2D eigenvalue weighted by atomic mass is 32.2. The van der Waals surface area contributed by atoms with Gasteiger partial charge in [-0.25, -0.2) is 0 Å². The quantitative estimate of drug-likeness (QED) is 0.451. The first-order chi connectivity index (χ1) is 15.3. The van der Waals surface area contributed by atoms with Gasteiger partial charge in [-0.2, -0.15) is 0 Å². The second kappa shape index (κ2) is 10.6. The Kier molecular flexibility index (Phi) is 7.89. The van der Waals surface area contributed by atoms with Crippen LogP contribution < -0.4 is 16.2 Å². The van der Waals surface area contributed by atoms with Crippen molar-refractivity contribution < 1.29 is 9.59 Å². The first-order valence-electron chi connectivity index (χ1n) is 10.9. The molecule has 172 valence electrons. The van der Waals surface area contributed by atoms with Gasteiger partial charge in [-0.15, -0.1) is 10.2 Å². The molecule has 2 N–H and O–H groups in total. The van der Waals surface area contributed by atoms with E-state index in [1.807, 2.05) is 39.8 Å². The number of nitrogens with zero attached hydrogens (tertiary/aromatic N) is 4. The molecule has 0 radical (unpaired) electrons. The number of aryl methyl sites for hydroxylation is 1. The monoisotopic (exact) mass is 458 g/mol. The van der Waals surface area contributed by atoms with Gasteiger partial charge in [-0.1, -0.05) is 44.7 Å². The molecule has 3 aromatic rings. The van der Waals surface area contributed by atoms with Crippen molar-refractivity contribution in [1.29, 1.82) is 0 Å². The summed E-state index contributed by atoms with van der Waals surface area (Å²) >= 11 is 1.26. The van der Waals surface area contributed by atoms with E-state index >= 15 is 0 Å². The minimum atomic E-state index is -0.219. The number of amides is 2. The second-order valence-corrected chi connectivity index (χ2v) is 9.15. The largest absolute Gasteiger partial charge is 0.356 e. The molecule has 0 spiro atoms. The number of rotatable bonds is 10.